The van der Waals surface area contributed by atoms with Crippen molar-refractivity contribution in [1.29, 1.82) is 0 Å². The van der Waals surface area contributed by atoms with Crippen LogP contribution in [0.15, 0.2) is 24.4 Å². The van der Waals surface area contributed by atoms with Crippen LogP contribution in [-0.2, 0) is 0 Å². The molecular weight excluding hydrogens is 241 g/mol. The van der Waals surface area contributed by atoms with Crippen molar-refractivity contribution < 1.29 is 4.39 Å². The second-order valence-corrected chi connectivity index (χ2v) is 5.12. The third-order valence-corrected chi connectivity index (χ3v) is 3.67. The highest BCUT2D eigenvalue weighted by Gasteiger charge is 2.15. The van der Waals surface area contributed by atoms with Crippen LogP contribution >= 0.6 is 0 Å². The highest BCUT2D eigenvalue weighted by Crippen LogP contribution is 2.13. The van der Waals surface area contributed by atoms with Crippen LogP contribution in [0.2, 0.25) is 0 Å². The molecule has 3 nitrogen and oxygen atoms in total. The van der Waals surface area contributed by atoms with Crippen molar-refractivity contribution in [3.05, 3.63) is 24.4 Å². The Morgan fingerprint density at radius 3 is 2.79 bits per heavy atom. The van der Waals surface area contributed by atoms with Gasteiger partial charge in [-0.3, -0.25) is 4.39 Å². The Labute approximate surface area is 115 Å². The number of rotatable bonds is 6. The maximum atomic E-state index is 12.0. The third kappa shape index (κ3) is 4.78. The number of aromatic nitrogens is 1. The molecule has 1 aliphatic rings. The zero-order valence-corrected chi connectivity index (χ0v) is 11.6. The fourth-order valence-corrected chi connectivity index (χ4v) is 2.57. The Morgan fingerprint density at radius 2 is 2.00 bits per heavy atom. The van der Waals surface area contributed by atoms with Gasteiger partial charge in [0, 0.05) is 25.8 Å². The van der Waals surface area contributed by atoms with Crippen LogP contribution in [-0.4, -0.2) is 49.3 Å². The molecule has 0 unspecified atom stereocenters. The molecule has 1 aliphatic heterocycles. The lowest BCUT2D eigenvalue weighted by atomic mass is 10.2. The summed E-state index contributed by atoms with van der Waals surface area (Å²) in [5.74, 6) is 1.08. The van der Waals surface area contributed by atoms with E-state index in [1.165, 1.54) is 6.42 Å². The summed E-state index contributed by atoms with van der Waals surface area (Å²) in [6.45, 7) is 5.30. The van der Waals surface area contributed by atoms with Crippen molar-refractivity contribution >= 4 is 5.82 Å². The fourth-order valence-electron chi connectivity index (χ4n) is 2.57. The van der Waals surface area contributed by atoms with Gasteiger partial charge in [0.2, 0.25) is 0 Å². The fraction of sp³-hybridized carbons (Fsp3) is 0.667. The quantitative estimate of drug-likeness (QED) is 0.737. The van der Waals surface area contributed by atoms with E-state index in [-0.39, 0.29) is 6.67 Å². The van der Waals surface area contributed by atoms with Gasteiger partial charge in [-0.1, -0.05) is 6.07 Å². The number of pyridine rings is 1. The first-order valence-electron chi connectivity index (χ1n) is 7.34. The molecule has 1 saturated heterocycles. The van der Waals surface area contributed by atoms with Gasteiger partial charge < -0.3 is 9.80 Å². The number of unbranched alkanes of at least 4 members (excludes halogenated alkanes) is 2. The van der Waals surface area contributed by atoms with Crippen molar-refractivity contribution in [3.8, 4) is 0 Å². The van der Waals surface area contributed by atoms with Gasteiger partial charge in [-0.05, 0) is 50.9 Å². The average Bonchev–Trinajstić information content (AvgIpc) is 2.70. The number of nitrogens with zero attached hydrogens (tertiary/aromatic N) is 3. The Morgan fingerprint density at radius 1 is 1.05 bits per heavy atom. The second kappa shape index (κ2) is 8.10. The van der Waals surface area contributed by atoms with E-state index in [1.54, 1.807) is 0 Å². The molecule has 1 fully saturated rings. The molecule has 0 aliphatic carbocycles. The lowest BCUT2D eigenvalue weighted by molar-refractivity contribution is 0.283. The molecule has 0 radical (unpaired) electrons. The minimum atomic E-state index is -0.173. The number of hydrogen-bond donors (Lipinski definition) is 0. The molecular formula is C15H24FN3. The van der Waals surface area contributed by atoms with Crippen molar-refractivity contribution in [3.63, 3.8) is 0 Å². The highest BCUT2D eigenvalue weighted by molar-refractivity contribution is 5.37. The zero-order chi connectivity index (χ0) is 13.3. The average molecular weight is 265 g/mol. The van der Waals surface area contributed by atoms with Crippen molar-refractivity contribution in [2.75, 3.05) is 44.3 Å². The molecule has 1 aromatic rings. The summed E-state index contributed by atoms with van der Waals surface area (Å²) in [6, 6.07) is 6.08. The van der Waals surface area contributed by atoms with Crippen LogP contribution in [0.3, 0.4) is 0 Å². The molecule has 2 rings (SSSR count). The van der Waals surface area contributed by atoms with E-state index in [4.69, 9.17) is 0 Å². The highest BCUT2D eigenvalue weighted by atomic mass is 19.1. The first-order chi connectivity index (χ1) is 9.40. The van der Waals surface area contributed by atoms with Gasteiger partial charge in [-0.25, -0.2) is 4.98 Å². The van der Waals surface area contributed by atoms with Crippen LogP contribution in [0.25, 0.3) is 0 Å². The number of halogens is 1. The predicted octanol–water partition coefficient (Wildman–Crippen LogP) is 2.73. The summed E-state index contributed by atoms with van der Waals surface area (Å²) in [4.78, 5) is 9.29. The van der Waals surface area contributed by atoms with Gasteiger partial charge in [-0.2, -0.15) is 0 Å². The lowest BCUT2D eigenvalue weighted by Gasteiger charge is -2.22. The second-order valence-electron chi connectivity index (χ2n) is 5.12. The lowest BCUT2D eigenvalue weighted by Crippen LogP contribution is -2.31. The van der Waals surface area contributed by atoms with Gasteiger partial charge in [0.1, 0.15) is 5.82 Å². The summed E-state index contributed by atoms with van der Waals surface area (Å²) in [5.41, 5.74) is 0. The van der Waals surface area contributed by atoms with Crippen LogP contribution in [0.1, 0.15) is 25.7 Å². The summed E-state index contributed by atoms with van der Waals surface area (Å²) < 4.78 is 12.0. The van der Waals surface area contributed by atoms with E-state index >= 15 is 0 Å². The molecule has 0 amide bonds. The third-order valence-electron chi connectivity index (χ3n) is 3.67. The van der Waals surface area contributed by atoms with E-state index in [9.17, 15) is 4.39 Å². The van der Waals surface area contributed by atoms with Gasteiger partial charge in [0.25, 0.3) is 0 Å². The van der Waals surface area contributed by atoms with E-state index < -0.39 is 0 Å². The number of hydrogen-bond acceptors (Lipinski definition) is 3. The van der Waals surface area contributed by atoms with E-state index in [0.29, 0.717) is 6.42 Å². The van der Waals surface area contributed by atoms with Crippen molar-refractivity contribution in [2.45, 2.75) is 25.7 Å². The monoisotopic (exact) mass is 265 g/mol. The van der Waals surface area contributed by atoms with Crippen molar-refractivity contribution in [2.24, 2.45) is 0 Å². The largest absolute Gasteiger partial charge is 0.355 e. The van der Waals surface area contributed by atoms with E-state index in [0.717, 1.165) is 51.4 Å². The first-order valence-corrected chi connectivity index (χ1v) is 7.34. The van der Waals surface area contributed by atoms with Crippen LogP contribution < -0.4 is 4.90 Å². The molecule has 0 aromatic carbocycles. The van der Waals surface area contributed by atoms with Crippen LogP contribution in [0.5, 0.6) is 0 Å². The Bertz CT molecular complexity index is 345. The van der Waals surface area contributed by atoms with Crippen molar-refractivity contribution in [1.82, 2.24) is 9.88 Å². The Hall–Kier alpha value is -1.16. The van der Waals surface area contributed by atoms with Crippen LogP contribution in [0, 0.1) is 0 Å². The summed E-state index contributed by atoms with van der Waals surface area (Å²) in [7, 11) is 0. The smallest absolute Gasteiger partial charge is 0.128 e. The summed E-state index contributed by atoms with van der Waals surface area (Å²) in [6.07, 6.45) is 5.88. The molecule has 0 bridgehead atoms. The zero-order valence-electron chi connectivity index (χ0n) is 11.6. The maximum Gasteiger partial charge on any atom is 0.128 e. The minimum Gasteiger partial charge on any atom is -0.355 e. The minimum absolute atomic E-state index is 0.173. The van der Waals surface area contributed by atoms with Crippen LogP contribution in [0.4, 0.5) is 10.2 Å². The Balaban J connectivity index is 1.75. The molecule has 1 aromatic heterocycles. The molecule has 0 atom stereocenters. The van der Waals surface area contributed by atoms with Gasteiger partial charge >= 0.3 is 0 Å². The van der Waals surface area contributed by atoms with Gasteiger partial charge in [-0.15, -0.1) is 0 Å². The SMILES string of the molecule is FCCCCCN1CCCN(c2ccccn2)CC1. The molecule has 0 saturated carbocycles. The maximum absolute atomic E-state index is 12.0. The molecule has 0 N–H and O–H groups in total. The topological polar surface area (TPSA) is 19.4 Å². The van der Waals surface area contributed by atoms with E-state index in [1.807, 2.05) is 18.3 Å². The summed E-state index contributed by atoms with van der Waals surface area (Å²) in [5, 5.41) is 0. The predicted molar refractivity (Wildman–Crippen MR) is 77.3 cm³/mol. The Kier molecular flexibility index (Phi) is 6.08. The van der Waals surface area contributed by atoms with Gasteiger partial charge in [0.05, 0.1) is 6.67 Å². The van der Waals surface area contributed by atoms with Gasteiger partial charge in [0.15, 0.2) is 0 Å². The molecule has 2 heterocycles. The van der Waals surface area contributed by atoms with E-state index in [2.05, 4.69) is 20.9 Å². The molecule has 19 heavy (non-hydrogen) atoms. The molecule has 106 valence electrons. The standard InChI is InChI=1S/C15H24FN3/c16-8-3-1-5-10-18-11-6-12-19(14-13-18)15-7-2-4-9-17-15/h2,4,7,9H,1,3,5-6,8,10-14H2. The normalized spacial score (nSPS) is 17.4. The summed E-state index contributed by atoms with van der Waals surface area (Å²) >= 11 is 0. The molecule has 0 spiro atoms. The number of anilines is 1. The first kappa shape index (κ1) is 14.3. The molecule has 4 heteroatoms. The number of alkyl halides is 1.